The quantitative estimate of drug-likeness (QED) is 0.548. The standard InChI is InChI=1S/C25H22O4/c26-20-9-6-17(7-10-20)22-12-8-19-15-21(27)11-13-23(19)25(22)18-4-1-16(2-5-18)3-14-24(28)29/h1-7,9-11,13-15,22,25-27H,8,12H2,(H,28,29)/t22-,25+/m1/s1. The topological polar surface area (TPSA) is 77.8 Å². The van der Waals surface area contributed by atoms with Gasteiger partial charge in [-0.05, 0) is 76.9 Å². The predicted octanol–water partition coefficient (Wildman–Crippen LogP) is 5.06. The van der Waals surface area contributed by atoms with Crippen LogP contribution in [-0.2, 0) is 11.2 Å². The van der Waals surface area contributed by atoms with Gasteiger partial charge in [-0.2, -0.15) is 0 Å². The highest BCUT2D eigenvalue weighted by atomic mass is 16.4. The number of aryl methyl sites for hydroxylation is 1. The highest BCUT2D eigenvalue weighted by Gasteiger charge is 2.32. The zero-order chi connectivity index (χ0) is 20.4. The van der Waals surface area contributed by atoms with Gasteiger partial charge in [-0.1, -0.05) is 42.5 Å². The summed E-state index contributed by atoms with van der Waals surface area (Å²) in [7, 11) is 0. The van der Waals surface area contributed by atoms with Crippen molar-refractivity contribution in [1.29, 1.82) is 0 Å². The summed E-state index contributed by atoms with van der Waals surface area (Å²) >= 11 is 0. The molecule has 0 fully saturated rings. The number of benzene rings is 3. The van der Waals surface area contributed by atoms with Gasteiger partial charge in [-0.3, -0.25) is 0 Å². The van der Waals surface area contributed by atoms with Gasteiger partial charge in [0, 0.05) is 12.0 Å². The van der Waals surface area contributed by atoms with Gasteiger partial charge in [0.2, 0.25) is 0 Å². The van der Waals surface area contributed by atoms with Crippen LogP contribution in [0.2, 0.25) is 0 Å². The number of rotatable bonds is 4. The molecule has 0 unspecified atom stereocenters. The van der Waals surface area contributed by atoms with Gasteiger partial charge in [-0.15, -0.1) is 0 Å². The molecule has 3 aromatic carbocycles. The molecule has 0 heterocycles. The number of carboxylic acids is 1. The van der Waals surface area contributed by atoms with E-state index in [-0.39, 0.29) is 23.3 Å². The molecule has 3 aromatic rings. The van der Waals surface area contributed by atoms with Gasteiger partial charge in [0.1, 0.15) is 11.5 Å². The molecular formula is C25H22O4. The third kappa shape index (κ3) is 4.02. The minimum atomic E-state index is -0.970. The van der Waals surface area contributed by atoms with Crippen LogP contribution in [0.3, 0.4) is 0 Å². The maximum atomic E-state index is 10.8. The molecule has 146 valence electrons. The predicted molar refractivity (Wildman–Crippen MR) is 112 cm³/mol. The molecule has 0 aromatic heterocycles. The lowest BCUT2D eigenvalue weighted by atomic mass is 9.69. The minimum Gasteiger partial charge on any atom is -0.508 e. The summed E-state index contributed by atoms with van der Waals surface area (Å²) in [6.45, 7) is 0. The third-order valence-corrected chi connectivity index (χ3v) is 5.62. The van der Waals surface area contributed by atoms with E-state index in [9.17, 15) is 15.0 Å². The number of phenolic OH excluding ortho intramolecular Hbond substituents is 2. The molecule has 0 radical (unpaired) electrons. The van der Waals surface area contributed by atoms with Crippen LogP contribution in [0.5, 0.6) is 11.5 Å². The number of fused-ring (bicyclic) bond motifs is 1. The third-order valence-electron chi connectivity index (χ3n) is 5.62. The summed E-state index contributed by atoms with van der Waals surface area (Å²) in [6, 6.07) is 20.9. The van der Waals surface area contributed by atoms with E-state index in [1.165, 1.54) is 11.1 Å². The molecule has 0 bridgehead atoms. The lowest BCUT2D eigenvalue weighted by Gasteiger charge is -2.35. The number of carbonyl (C=O) groups is 1. The summed E-state index contributed by atoms with van der Waals surface area (Å²) in [6.07, 6.45) is 4.53. The number of hydrogen-bond donors (Lipinski definition) is 3. The van der Waals surface area contributed by atoms with Crippen LogP contribution < -0.4 is 0 Å². The maximum absolute atomic E-state index is 10.8. The van der Waals surface area contributed by atoms with E-state index in [1.807, 2.05) is 48.5 Å². The van der Waals surface area contributed by atoms with Crippen molar-refractivity contribution in [2.45, 2.75) is 24.7 Å². The second kappa shape index (κ2) is 7.84. The van der Waals surface area contributed by atoms with Crippen molar-refractivity contribution >= 4 is 12.0 Å². The Morgan fingerprint density at radius 1 is 0.862 bits per heavy atom. The van der Waals surface area contributed by atoms with E-state index in [2.05, 4.69) is 0 Å². The first-order valence-electron chi connectivity index (χ1n) is 9.63. The van der Waals surface area contributed by atoms with E-state index in [1.54, 1.807) is 24.3 Å². The van der Waals surface area contributed by atoms with Gasteiger partial charge in [0.25, 0.3) is 0 Å². The van der Waals surface area contributed by atoms with E-state index in [0.29, 0.717) is 0 Å². The van der Waals surface area contributed by atoms with Gasteiger partial charge < -0.3 is 15.3 Å². The van der Waals surface area contributed by atoms with Gasteiger partial charge >= 0.3 is 5.97 Å². The fraction of sp³-hybridized carbons (Fsp3) is 0.160. The van der Waals surface area contributed by atoms with Crippen LogP contribution in [0.4, 0.5) is 0 Å². The Morgan fingerprint density at radius 3 is 2.21 bits per heavy atom. The van der Waals surface area contributed by atoms with Crippen LogP contribution in [-0.4, -0.2) is 21.3 Å². The van der Waals surface area contributed by atoms with Crippen molar-refractivity contribution in [3.05, 3.63) is 101 Å². The number of carboxylic acid groups (broad SMARTS) is 1. The number of aromatic hydroxyl groups is 2. The molecule has 4 heteroatoms. The first kappa shape index (κ1) is 18.8. The summed E-state index contributed by atoms with van der Waals surface area (Å²) in [5.41, 5.74) is 5.49. The lowest BCUT2D eigenvalue weighted by molar-refractivity contribution is -0.131. The second-order valence-electron chi connectivity index (χ2n) is 7.44. The highest BCUT2D eigenvalue weighted by Crippen LogP contribution is 2.47. The normalized spacial score (nSPS) is 18.5. The van der Waals surface area contributed by atoms with Crippen molar-refractivity contribution in [3.8, 4) is 11.5 Å². The van der Waals surface area contributed by atoms with E-state index >= 15 is 0 Å². The SMILES string of the molecule is O=C(O)C=Cc1ccc([C@@H]2c3ccc(O)cc3CC[C@@H]2c2ccc(O)cc2)cc1. The molecule has 3 N–H and O–H groups in total. The lowest BCUT2D eigenvalue weighted by Crippen LogP contribution is -2.20. The van der Waals surface area contributed by atoms with Gasteiger partial charge in [0.05, 0.1) is 0 Å². The molecule has 0 amide bonds. The Balaban J connectivity index is 1.76. The smallest absolute Gasteiger partial charge is 0.328 e. The van der Waals surface area contributed by atoms with E-state index in [4.69, 9.17) is 5.11 Å². The Bertz CT molecular complexity index is 1050. The molecule has 0 aliphatic heterocycles. The largest absolute Gasteiger partial charge is 0.508 e. The van der Waals surface area contributed by atoms with Crippen LogP contribution >= 0.6 is 0 Å². The van der Waals surface area contributed by atoms with Crippen molar-refractivity contribution in [2.24, 2.45) is 0 Å². The first-order valence-corrected chi connectivity index (χ1v) is 9.63. The van der Waals surface area contributed by atoms with Crippen molar-refractivity contribution in [3.63, 3.8) is 0 Å². The molecule has 4 rings (SSSR count). The van der Waals surface area contributed by atoms with Crippen LogP contribution in [0, 0.1) is 0 Å². The Morgan fingerprint density at radius 2 is 1.52 bits per heavy atom. The van der Waals surface area contributed by atoms with Gasteiger partial charge in [0.15, 0.2) is 0 Å². The fourth-order valence-corrected chi connectivity index (χ4v) is 4.28. The monoisotopic (exact) mass is 386 g/mol. The van der Waals surface area contributed by atoms with Crippen molar-refractivity contribution in [1.82, 2.24) is 0 Å². The number of hydrogen-bond acceptors (Lipinski definition) is 3. The average molecular weight is 386 g/mol. The van der Waals surface area contributed by atoms with Crippen LogP contribution in [0.15, 0.2) is 72.8 Å². The summed E-state index contributed by atoms with van der Waals surface area (Å²) < 4.78 is 0. The Hall–Kier alpha value is -3.53. The molecule has 1 aliphatic carbocycles. The first-order chi connectivity index (χ1) is 14.0. The molecule has 29 heavy (non-hydrogen) atoms. The average Bonchev–Trinajstić information content (AvgIpc) is 2.72. The summed E-state index contributed by atoms with van der Waals surface area (Å²) in [5.74, 6) is -0.0855. The summed E-state index contributed by atoms with van der Waals surface area (Å²) in [5, 5.41) is 28.4. The molecule has 2 atom stereocenters. The van der Waals surface area contributed by atoms with E-state index < -0.39 is 5.97 Å². The Kier molecular flexibility index (Phi) is 5.09. The van der Waals surface area contributed by atoms with E-state index in [0.717, 1.165) is 35.6 Å². The molecular weight excluding hydrogens is 364 g/mol. The van der Waals surface area contributed by atoms with Crippen LogP contribution in [0.1, 0.15) is 46.1 Å². The van der Waals surface area contributed by atoms with Crippen LogP contribution in [0.25, 0.3) is 6.08 Å². The van der Waals surface area contributed by atoms with Gasteiger partial charge in [-0.25, -0.2) is 4.79 Å². The molecule has 0 saturated carbocycles. The Labute approximate surface area is 169 Å². The zero-order valence-corrected chi connectivity index (χ0v) is 15.8. The number of phenols is 2. The summed E-state index contributed by atoms with van der Waals surface area (Å²) in [4.78, 5) is 10.8. The maximum Gasteiger partial charge on any atom is 0.328 e. The molecule has 0 saturated heterocycles. The van der Waals surface area contributed by atoms with Crippen molar-refractivity contribution < 1.29 is 20.1 Å². The minimum absolute atomic E-state index is 0.112. The van der Waals surface area contributed by atoms with Crippen molar-refractivity contribution in [2.75, 3.05) is 0 Å². The number of aliphatic carboxylic acids is 1. The molecule has 1 aliphatic rings. The second-order valence-corrected chi connectivity index (χ2v) is 7.44. The zero-order valence-electron chi connectivity index (χ0n) is 15.8. The fourth-order valence-electron chi connectivity index (χ4n) is 4.28. The highest BCUT2D eigenvalue weighted by molar-refractivity contribution is 5.85. The molecule has 0 spiro atoms. The molecule has 4 nitrogen and oxygen atoms in total.